The van der Waals surface area contributed by atoms with E-state index >= 15 is 0 Å². The number of imidazole rings is 1. The van der Waals surface area contributed by atoms with Crippen molar-refractivity contribution in [3.05, 3.63) is 90.4 Å². The van der Waals surface area contributed by atoms with Crippen LogP contribution in [0.1, 0.15) is 15.9 Å². The summed E-state index contributed by atoms with van der Waals surface area (Å²) in [7, 11) is -3.84. The van der Waals surface area contributed by atoms with E-state index in [2.05, 4.69) is 15.3 Å². The van der Waals surface area contributed by atoms with Crippen LogP contribution < -0.4 is 5.32 Å². The summed E-state index contributed by atoms with van der Waals surface area (Å²) in [6.07, 6.45) is 3.51. The Kier molecular flexibility index (Phi) is 5.09. The minimum Gasteiger partial charge on any atom is -0.352 e. The van der Waals surface area contributed by atoms with Gasteiger partial charge in [-0.25, -0.2) is 22.4 Å². The van der Waals surface area contributed by atoms with Gasteiger partial charge in [-0.2, -0.15) is 0 Å². The first-order valence-corrected chi connectivity index (χ1v) is 10.5. The third-order valence-corrected chi connectivity index (χ3v) is 6.18. The molecule has 1 N–H and O–H groups in total. The van der Waals surface area contributed by atoms with Crippen LogP contribution in [0.3, 0.4) is 0 Å². The molecule has 4 rings (SSSR count). The number of hydrogen-bond acceptors (Lipinski definition) is 5. The minimum absolute atomic E-state index is 0.0708. The Morgan fingerprint density at radius 2 is 1.69 bits per heavy atom. The van der Waals surface area contributed by atoms with Gasteiger partial charge in [0.05, 0.1) is 4.90 Å². The summed E-state index contributed by atoms with van der Waals surface area (Å²) in [4.78, 5) is 20.5. The molecule has 4 aromatic rings. The van der Waals surface area contributed by atoms with Crippen LogP contribution in [0.15, 0.2) is 84.1 Å². The summed E-state index contributed by atoms with van der Waals surface area (Å²) in [5.41, 5.74) is 2.28. The molecule has 146 valence electrons. The molecule has 8 heteroatoms. The molecule has 0 radical (unpaired) electrons. The average Bonchev–Trinajstić information content (AvgIpc) is 3.19. The molecule has 0 bridgehead atoms. The van der Waals surface area contributed by atoms with E-state index in [1.54, 1.807) is 18.3 Å². The zero-order valence-corrected chi connectivity index (χ0v) is 16.2. The van der Waals surface area contributed by atoms with E-state index in [9.17, 15) is 13.2 Å². The molecule has 1 amide bonds. The monoisotopic (exact) mass is 406 g/mol. The number of carbonyl (C=O) groups excluding carboxylic acids is 1. The SMILES string of the molecule is O=C(NCCc1ccccc1)c1ccc(S(=O)(=O)n2cnc3ncccc32)cc1. The Hall–Kier alpha value is -3.52. The van der Waals surface area contributed by atoms with Gasteiger partial charge in [0.2, 0.25) is 0 Å². The van der Waals surface area contributed by atoms with Crippen molar-refractivity contribution in [2.45, 2.75) is 11.3 Å². The van der Waals surface area contributed by atoms with Crippen molar-refractivity contribution in [2.24, 2.45) is 0 Å². The van der Waals surface area contributed by atoms with E-state index in [1.165, 1.54) is 30.6 Å². The van der Waals surface area contributed by atoms with Crippen LogP contribution in [0.4, 0.5) is 0 Å². The highest BCUT2D eigenvalue weighted by Gasteiger charge is 2.20. The number of fused-ring (bicyclic) bond motifs is 1. The molecule has 0 aliphatic carbocycles. The molecule has 29 heavy (non-hydrogen) atoms. The molecule has 0 saturated heterocycles. The molecule has 2 heterocycles. The summed E-state index contributed by atoms with van der Waals surface area (Å²) in [6, 6.07) is 19.0. The molecule has 2 aromatic carbocycles. The fraction of sp³-hybridized carbons (Fsp3) is 0.0952. The quantitative estimate of drug-likeness (QED) is 0.531. The number of nitrogens with zero attached hydrogens (tertiary/aromatic N) is 3. The smallest absolute Gasteiger partial charge is 0.269 e. The van der Waals surface area contributed by atoms with Crippen molar-refractivity contribution >= 4 is 27.1 Å². The van der Waals surface area contributed by atoms with Crippen LogP contribution in [-0.4, -0.2) is 34.8 Å². The lowest BCUT2D eigenvalue weighted by molar-refractivity contribution is 0.0954. The fourth-order valence-corrected chi connectivity index (χ4v) is 4.26. The Morgan fingerprint density at radius 1 is 0.931 bits per heavy atom. The van der Waals surface area contributed by atoms with Crippen LogP contribution in [0.2, 0.25) is 0 Å². The zero-order chi connectivity index (χ0) is 20.3. The van der Waals surface area contributed by atoms with Crippen LogP contribution in [0.25, 0.3) is 11.2 Å². The molecule has 0 spiro atoms. The highest BCUT2D eigenvalue weighted by molar-refractivity contribution is 7.90. The highest BCUT2D eigenvalue weighted by atomic mass is 32.2. The predicted molar refractivity (Wildman–Crippen MR) is 109 cm³/mol. The van der Waals surface area contributed by atoms with Crippen molar-refractivity contribution < 1.29 is 13.2 Å². The zero-order valence-electron chi connectivity index (χ0n) is 15.4. The molecular weight excluding hydrogens is 388 g/mol. The summed E-state index contributed by atoms with van der Waals surface area (Å²) in [5, 5.41) is 2.85. The first-order chi connectivity index (χ1) is 14.1. The second-order valence-electron chi connectivity index (χ2n) is 6.41. The van der Waals surface area contributed by atoms with E-state index < -0.39 is 10.0 Å². The van der Waals surface area contributed by atoms with Gasteiger partial charge in [-0.15, -0.1) is 0 Å². The second-order valence-corrected chi connectivity index (χ2v) is 8.22. The van der Waals surface area contributed by atoms with Crippen molar-refractivity contribution in [2.75, 3.05) is 6.54 Å². The molecule has 2 aromatic heterocycles. The van der Waals surface area contributed by atoms with Gasteiger partial charge in [0.15, 0.2) is 5.65 Å². The number of nitrogens with one attached hydrogen (secondary N) is 1. The maximum absolute atomic E-state index is 12.9. The number of pyridine rings is 1. The number of amides is 1. The summed E-state index contributed by atoms with van der Waals surface area (Å²) in [6.45, 7) is 0.497. The number of aromatic nitrogens is 3. The molecule has 7 nitrogen and oxygen atoms in total. The standard InChI is InChI=1S/C21H18N4O3S/c26-21(23-14-12-16-5-2-1-3-6-16)17-8-10-18(11-9-17)29(27,28)25-15-24-20-19(25)7-4-13-22-20/h1-11,13,15H,12,14H2,(H,23,26). The van der Waals surface area contributed by atoms with Crippen molar-refractivity contribution in [1.82, 2.24) is 19.3 Å². The number of carbonyl (C=O) groups is 1. The summed E-state index contributed by atoms with van der Waals surface area (Å²) in [5.74, 6) is -0.248. The lowest BCUT2D eigenvalue weighted by Gasteiger charge is -2.08. The van der Waals surface area contributed by atoms with E-state index in [-0.39, 0.29) is 10.8 Å². The minimum atomic E-state index is -3.84. The maximum Gasteiger partial charge on any atom is 0.269 e. The molecule has 0 aliphatic rings. The van der Waals surface area contributed by atoms with Gasteiger partial charge in [0.1, 0.15) is 11.8 Å². The predicted octanol–water partition coefficient (Wildman–Crippen LogP) is 2.64. The lowest BCUT2D eigenvalue weighted by Crippen LogP contribution is -2.25. The first kappa shape index (κ1) is 18.8. The van der Waals surface area contributed by atoms with E-state index in [0.29, 0.717) is 23.3 Å². The maximum atomic E-state index is 12.9. The summed E-state index contributed by atoms with van der Waals surface area (Å²) >= 11 is 0. The van der Waals surface area contributed by atoms with Gasteiger partial charge < -0.3 is 5.32 Å². The normalized spacial score (nSPS) is 11.4. The van der Waals surface area contributed by atoms with Crippen molar-refractivity contribution in [3.8, 4) is 0 Å². The number of hydrogen-bond donors (Lipinski definition) is 1. The Morgan fingerprint density at radius 3 is 2.45 bits per heavy atom. The van der Waals surface area contributed by atoms with Crippen LogP contribution >= 0.6 is 0 Å². The van der Waals surface area contributed by atoms with Crippen LogP contribution in [0, 0.1) is 0 Å². The van der Waals surface area contributed by atoms with E-state index in [4.69, 9.17) is 0 Å². The Bertz CT molecular complexity index is 1250. The van der Waals surface area contributed by atoms with Gasteiger partial charge in [-0.05, 0) is 48.4 Å². The number of benzene rings is 2. The average molecular weight is 406 g/mol. The second kappa shape index (κ2) is 7.84. The number of rotatable bonds is 6. The molecule has 0 fully saturated rings. The third-order valence-electron chi connectivity index (χ3n) is 4.50. The molecule has 0 atom stereocenters. The van der Waals surface area contributed by atoms with Crippen LogP contribution in [0.5, 0.6) is 0 Å². The molecule has 0 aliphatic heterocycles. The third kappa shape index (κ3) is 3.88. The fourth-order valence-electron chi connectivity index (χ4n) is 2.98. The Balaban J connectivity index is 1.47. The summed E-state index contributed by atoms with van der Waals surface area (Å²) < 4.78 is 26.9. The highest BCUT2D eigenvalue weighted by Crippen LogP contribution is 2.19. The first-order valence-electron chi connectivity index (χ1n) is 9.01. The van der Waals surface area contributed by atoms with Gasteiger partial charge >= 0.3 is 0 Å². The topological polar surface area (TPSA) is 94.0 Å². The molecular formula is C21H18N4O3S. The van der Waals surface area contributed by atoms with Gasteiger partial charge in [0.25, 0.3) is 15.9 Å². The van der Waals surface area contributed by atoms with Crippen LogP contribution in [-0.2, 0) is 16.4 Å². The van der Waals surface area contributed by atoms with Gasteiger partial charge in [0, 0.05) is 18.3 Å². The van der Waals surface area contributed by atoms with Crippen molar-refractivity contribution in [1.29, 1.82) is 0 Å². The van der Waals surface area contributed by atoms with Gasteiger partial charge in [-0.3, -0.25) is 4.79 Å². The van der Waals surface area contributed by atoms with E-state index in [0.717, 1.165) is 16.0 Å². The van der Waals surface area contributed by atoms with E-state index in [1.807, 2.05) is 30.3 Å². The van der Waals surface area contributed by atoms with Crippen molar-refractivity contribution in [3.63, 3.8) is 0 Å². The molecule has 0 saturated carbocycles. The molecule has 0 unspecified atom stereocenters. The largest absolute Gasteiger partial charge is 0.352 e. The Labute approximate surface area is 168 Å². The lowest BCUT2D eigenvalue weighted by atomic mass is 10.1. The van der Waals surface area contributed by atoms with Gasteiger partial charge in [-0.1, -0.05) is 30.3 Å².